The van der Waals surface area contributed by atoms with E-state index in [1.807, 2.05) is 11.9 Å². The van der Waals surface area contributed by atoms with Crippen molar-refractivity contribution in [1.29, 1.82) is 0 Å². The number of benzene rings is 2. The van der Waals surface area contributed by atoms with Gasteiger partial charge in [-0.1, -0.05) is 6.07 Å². The van der Waals surface area contributed by atoms with E-state index >= 15 is 0 Å². The van der Waals surface area contributed by atoms with Crippen LogP contribution in [0.4, 0.5) is 23.2 Å². The molecule has 9 heteroatoms. The third-order valence-corrected chi connectivity index (χ3v) is 5.97. The van der Waals surface area contributed by atoms with Crippen molar-refractivity contribution in [3.8, 4) is 5.75 Å². The van der Waals surface area contributed by atoms with Gasteiger partial charge in [0.1, 0.15) is 17.7 Å². The summed E-state index contributed by atoms with van der Waals surface area (Å²) in [6.45, 7) is 1.25. The van der Waals surface area contributed by atoms with Crippen molar-refractivity contribution >= 4 is 21.3 Å². The number of rotatable bonds is 5. The fraction of sp³-hybridized carbons (Fsp3) is 0.316. The van der Waals surface area contributed by atoms with E-state index in [0.29, 0.717) is 13.0 Å². The number of hydrogen-bond acceptors (Lipinski definition) is 3. The minimum atomic E-state index is -4.59. The first kappa shape index (κ1) is 20.5. The second kappa shape index (κ2) is 7.63. The molecule has 0 amide bonds. The minimum Gasteiger partial charge on any atom is -0.488 e. The standard InChI is InChI=1S/C19H20F4N2O2S/c1-25-9-8-15(12-25)27-18-11-14(6-7-17(18)19(21,22)23)24-28(2,26)16-5-3-4-13(20)10-16/h3-7,10-11,15H,2,8-9,12H2,1H3,(H,24,26)/t15-,28?/m1/s1. The lowest BCUT2D eigenvalue weighted by molar-refractivity contribution is -0.139. The van der Waals surface area contributed by atoms with Crippen molar-refractivity contribution in [2.24, 2.45) is 0 Å². The van der Waals surface area contributed by atoms with E-state index in [2.05, 4.69) is 10.6 Å². The molecule has 1 N–H and O–H groups in total. The van der Waals surface area contributed by atoms with Gasteiger partial charge in [-0.2, -0.15) is 13.2 Å². The van der Waals surface area contributed by atoms with Crippen LogP contribution in [0.1, 0.15) is 12.0 Å². The van der Waals surface area contributed by atoms with Crippen LogP contribution in [-0.2, 0) is 15.9 Å². The highest BCUT2D eigenvalue weighted by atomic mass is 32.2. The molecule has 2 aromatic rings. The Morgan fingerprint density at radius 3 is 2.61 bits per heavy atom. The molecule has 1 aliphatic rings. The highest BCUT2D eigenvalue weighted by molar-refractivity contribution is 8.01. The van der Waals surface area contributed by atoms with Gasteiger partial charge in [0.05, 0.1) is 20.2 Å². The molecule has 1 saturated heterocycles. The molecule has 1 fully saturated rings. The molecular formula is C19H20F4N2O2S. The molecule has 0 saturated carbocycles. The maximum Gasteiger partial charge on any atom is 0.419 e. The van der Waals surface area contributed by atoms with Gasteiger partial charge in [0, 0.05) is 24.8 Å². The zero-order valence-electron chi connectivity index (χ0n) is 15.1. The molecule has 1 aliphatic heterocycles. The van der Waals surface area contributed by atoms with Crippen LogP contribution >= 0.6 is 0 Å². The predicted molar refractivity (Wildman–Crippen MR) is 102 cm³/mol. The SMILES string of the molecule is C=S(=O)(Nc1ccc(C(F)(F)F)c(O[C@@H]2CCN(C)C2)c1)c1cccc(F)c1. The molecule has 2 atom stereocenters. The summed E-state index contributed by atoms with van der Waals surface area (Å²) in [5.41, 5.74) is -0.771. The molecular weight excluding hydrogens is 396 g/mol. The Kier molecular flexibility index (Phi) is 5.58. The lowest BCUT2D eigenvalue weighted by Gasteiger charge is -2.20. The van der Waals surface area contributed by atoms with Gasteiger partial charge in [-0.15, -0.1) is 0 Å². The summed E-state index contributed by atoms with van der Waals surface area (Å²) < 4.78 is 74.5. The number of ether oxygens (including phenoxy) is 1. The Morgan fingerprint density at radius 1 is 1.25 bits per heavy atom. The van der Waals surface area contributed by atoms with Gasteiger partial charge in [0.15, 0.2) is 0 Å². The van der Waals surface area contributed by atoms with Crippen LogP contribution < -0.4 is 9.46 Å². The van der Waals surface area contributed by atoms with Crippen LogP contribution in [0.5, 0.6) is 5.75 Å². The molecule has 0 aliphatic carbocycles. The summed E-state index contributed by atoms with van der Waals surface area (Å²) in [5, 5.41) is 0. The first-order valence-corrected chi connectivity index (χ1v) is 10.2. The number of anilines is 1. The molecule has 4 nitrogen and oxygen atoms in total. The zero-order valence-corrected chi connectivity index (χ0v) is 15.9. The quantitative estimate of drug-likeness (QED) is 0.591. The van der Waals surface area contributed by atoms with Crippen molar-refractivity contribution in [3.63, 3.8) is 0 Å². The Labute approximate surface area is 161 Å². The number of halogens is 4. The molecule has 152 valence electrons. The third kappa shape index (κ3) is 4.77. The molecule has 0 spiro atoms. The number of likely N-dealkylation sites (tertiary alicyclic amines) is 1. The second-order valence-electron chi connectivity index (χ2n) is 6.73. The van der Waals surface area contributed by atoms with E-state index in [0.717, 1.165) is 30.8 Å². The summed E-state index contributed by atoms with van der Waals surface area (Å²) in [6.07, 6.45) is -4.35. The molecule has 2 aromatic carbocycles. The number of nitrogens with one attached hydrogen (secondary N) is 1. The highest BCUT2D eigenvalue weighted by Gasteiger charge is 2.35. The molecule has 3 rings (SSSR count). The molecule has 0 bridgehead atoms. The van der Waals surface area contributed by atoms with E-state index in [9.17, 15) is 21.8 Å². The summed E-state index contributed by atoms with van der Waals surface area (Å²) in [6, 6.07) is 8.26. The van der Waals surface area contributed by atoms with Gasteiger partial charge < -0.3 is 14.4 Å². The van der Waals surface area contributed by atoms with Gasteiger partial charge in [0.2, 0.25) is 0 Å². The third-order valence-electron chi connectivity index (χ3n) is 4.39. The Hall–Kier alpha value is -2.26. The second-order valence-corrected chi connectivity index (χ2v) is 8.76. The fourth-order valence-electron chi connectivity index (χ4n) is 3.01. The highest BCUT2D eigenvalue weighted by Crippen LogP contribution is 2.39. The molecule has 0 aromatic heterocycles. The molecule has 1 unspecified atom stereocenters. The Bertz CT molecular complexity index is 961. The molecule has 1 heterocycles. The van der Waals surface area contributed by atoms with Gasteiger partial charge in [0.25, 0.3) is 0 Å². The lowest BCUT2D eigenvalue weighted by Crippen LogP contribution is -2.23. The van der Waals surface area contributed by atoms with E-state index in [1.54, 1.807) is 0 Å². The predicted octanol–water partition coefficient (Wildman–Crippen LogP) is 4.03. The summed E-state index contributed by atoms with van der Waals surface area (Å²) in [7, 11) is -1.31. The van der Waals surface area contributed by atoms with Crippen LogP contribution in [0.15, 0.2) is 47.4 Å². The summed E-state index contributed by atoms with van der Waals surface area (Å²) in [4.78, 5) is 2.07. The fourth-order valence-corrected chi connectivity index (χ4v) is 4.24. The molecule has 0 radical (unpaired) electrons. The van der Waals surface area contributed by atoms with Crippen molar-refractivity contribution in [2.75, 3.05) is 24.9 Å². The summed E-state index contributed by atoms with van der Waals surface area (Å²) >= 11 is 0. The average Bonchev–Trinajstić information content (AvgIpc) is 2.98. The number of likely N-dealkylation sites (N-methyl/N-ethyl adjacent to an activating group) is 1. The maximum atomic E-state index is 13.4. The number of alkyl halides is 3. The lowest BCUT2D eigenvalue weighted by atomic mass is 10.1. The Balaban J connectivity index is 1.90. The minimum absolute atomic E-state index is 0.104. The summed E-state index contributed by atoms with van der Waals surface area (Å²) in [5.74, 6) is 2.64. The number of hydrogen-bond donors (Lipinski definition) is 1. The van der Waals surface area contributed by atoms with Crippen LogP contribution in [0.2, 0.25) is 0 Å². The smallest absolute Gasteiger partial charge is 0.419 e. The number of nitrogens with zero attached hydrogens (tertiary/aromatic N) is 1. The van der Waals surface area contributed by atoms with Gasteiger partial charge in [-0.3, -0.25) is 0 Å². The van der Waals surface area contributed by atoms with Gasteiger partial charge in [-0.05, 0) is 49.7 Å². The maximum absolute atomic E-state index is 13.4. The van der Waals surface area contributed by atoms with Crippen molar-refractivity contribution in [2.45, 2.75) is 23.6 Å². The van der Waals surface area contributed by atoms with Crippen LogP contribution in [-0.4, -0.2) is 41.2 Å². The average molecular weight is 416 g/mol. The van der Waals surface area contributed by atoms with Crippen LogP contribution in [0.3, 0.4) is 0 Å². The van der Waals surface area contributed by atoms with E-state index in [-0.39, 0.29) is 22.4 Å². The zero-order chi connectivity index (χ0) is 20.5. The van der Waals surface area contributed by atoms with Gasteiger partial charge in [-0.25, -0.2) is 8.60 Å². The van der Waals surface area contributed by atoms with E-state index < -0.39 is 27.3 Å². The van der Waals surface area contributed by atoms with E-state index in [4.69, 9.17) is 4.74 Å². The normalized spacial score (nSPS) is 20.0. The van der Waals surface area contributed by atoms with E-state index in [1.165, 1.54) is 18.2 Å². The monoisotopic (exact) mass is 416 g/mol. The first-order valence-electron chi connectivity index (χ1n) is 8.51. The van der Waals surface area contributed by atoms with Crippen molar-refractivity contribution in [3.05, 3.63) is 53.8 Å². The van der Waals surface area contributed by atoms with Crippen LogP contribution in [0, 0.1) is 5.82 Å². The van der Waals surface area contributed by atoms with Crippen LogP contribution in [0.25, 0.3) is 0 Å². The molecule has 28 heavy (non-hydrogen) atoms. The topological polar surface area (TPSA) is 41.6 Å². The van der Waals surface area contributed by atoms with Crippen molar-refractivity contribution in [1.82, 2.24) is 4.90 Å². The van der Waals surface area contributed by atoms with Crippen molar-refractivity contribution < 1.29 is 26.5 Å². The van der Waals surface area contributed by atoms with Gasteiger partial charge >= 0.3 is 6.18 Å². The Morgan fingerprint density at radius 2 is 2.00 bits per heavy atom. The largest absolute Gasteiger partial charge is 0.488 e. The first-order chi connectivity index (χ1) is 13.0.